The Morgan fingerprint density at radius 1 is 1.33 bits per heavy atom. The van der Waals surface area contributed by atoms with Crippen molar-refractivity contribution in [2.45, 2.75) is 13.8 Å². The van der Waals surface area contributed by atoms with Crippen molar-refractivity contribution in [1.29, 1.82) is 0 Å². The molecule has 2 nitrogen and oxygen atoms in total. The maximum Gasteiger partial charge on any atom is 0.0907 e. The van der Waals surface area contributed by atoms with E-state index in [9.17, 15) is 0 Å². The summed E-state index contributed by atoms with van der Waals surface area (Å²) >= 11 is 1.71. The molecule has 1 aromatic heterocycles. The lowest BCUT2D eigenvalue weighted by Crippen LogP contribution is -1.89. The van der Waals surface area contributed by atoms with Crippen LogP contribution in [-0.2, 0) is 0 Å². The maximum atomic E-state index is 5.76. The molecule has 0 aliphatic carbocycles. The van der Waals surface area contributed by atoms with Crippen LogP contribution in [0, 0.1) is 13.8 Å². The van der Waals surface area contributed by atoms with E-state index in [1.807, 2.05) is 26.0 Å². The van der Waals surface area contributed by atoms with Gasteiger partial charge in [0.05, 0.1) is 15.2 Å². The molecule has 1 heterocycles. The molecule has 2 aromatic rings. The minimum absolute atomic E-state index is 0.827. The van der Waals surface area contributed by atoms with Crippen molar-refractivity contribution in [3.8, 4) is 0 Å². The first-order valence-electron chi connectivity index (χ1n) is 3.80. The number of fused-ring (bicyclic) bond motifs is 1. The first kappa shape index (κ1) is 7.55. The molecular weight excluding hydrogens is 168 g/mol. The summed E-state index contributed by atoms with van der Waals surface area (Å²) in [4.78, 5) is 4.41. The third-order valence-corrected chi connectivity index (χ3v) is 2.90. The molecule has 0 unspecified atom stereocenters. The van der Waals surface area contributed by atoms with E-state index >= 15 is 0 Å². The van der Waals surface area contributed by atoms with Gasteiger partial charge in [0.1, 0.15) is 0 Å². The average molecular weight is 178 g/mol. The highest BCUT2D eigenvalue weighted by Gasteiger charge is 2.04. The monoisotopic (exact) mass is 178 g/mol. The summed E-state index contributed by atoms with van der Waals surface area (Å²) in [7, 11) is 0. The first-order valence-corrected chi connectivity index (χ1v) is 4.62. The number of thiazole rings is 1. The minimum atomic E-state index is 0.827. The van der Waals surface area contributed by atoms with Gasteiger partial charge in [-0.1, -0.05) is 0 Å². The Balaban J connectivity index is 2.89. The van der Waals surface area contributed by atoms with Gasteiger partial charge in [0, 0.05) is 5.69 Å². The highest BCUT2D eigenvalue weighted by molar-refractivity contribution is 7.18. The van der Waals surface area contributed by atoms with E-state index in [4.69, 9.17) is 5.73 Å². The van der Waals surface area contributed by atoms with Gasteiger partial charge in [0.15, 0.2) is 0 Å². The molecule has 0 aliphatic rings. The number of nitrogens with zero attached hydrogens (tertiary/aromatic N) is 1. The number of benzene rings is 1. The Labute approximate surface area is 75.0 Å². The van der Waals surface area contributed by atoms with Crippen molar-refractivity contribution in [3.05, 3.63) is 22.7 Å². The van der Waals surface area contributed by atoms with Crippen molar-refractivity contribution in [2.24, 2.45) is 0 Å². The molecule has 0 saturated carbocycles. The predicted octanol–water partition coefficient (Wildman–Crippen LogP) is 2.50. The van der Waals surface area contributed by atoms with Crippen molar-refractivity contribution in [1.82, 2.24) is 4.98 Å². The van der Waals surface area contributed by atoms with Gasteiger partial charge in [0.25, 0.3) is 0 Å². The Hall–Kier alpha value is -1.09. The molecule has 0 atom stereocenters. The van der Waals surface area contributed by atoms with Gasteiger partial charge >= 0.3 is 0 Å². The van der Waals surface area contributed by atoms with Gasteiger partial charge in [-0.2, -0.15) is 0 Å². The SMILES string of the molecule is Cc1nc2c(C)c(N)ccc2s1. The van der Waals surface area contributed by atoms with Crippen LogP contribution in [0.5, 0.6) is 0 Å². The number of nitrogens with two attached hydrogens (primary N) is 1. The normalized spacial score (nSPS) is 10.8. The van der Waals surface area contributed by atoms with Gasteiger partial charge in [-0.25, -0.2) is 4.98 Å². The van der Waals surface area contributed by atoms with Crippen LogP contribution in [0.25, 0.3) is 10.2 Å². The molecular formula is C9H10N2S. The molecule has 12 heavy (non-hydrogen) atoms. The van der Waals surface area contributed by atoms with Crippen LogP contribution in [0.2, 0.25) is 0 Å². The lowest BCUT2D eigenvalue weighted by atomic mass is 10.2. The van der Waals surface area contributed by atoms with E-state index < -0.39 is 0 Å². The summed E-state index contributed by atoms with van der Waals surface area (Å²) in [6, 6.07) is 3.97. The van der Waals surface area contributed by atoms with Crippen LogP contribution in [0.3, 0.4) is 0 Å². The molecule has 0 aliphatic heterocycles. The van der Waals surface area contributed by atoms with Gasteiger partial charge in [-0.3, -0.25) is 0 Å². The molecule has 0 saturated heterocycles. The zero-order valence-corrected chi connectivity index (χ0v) is 7.90. The van der Waals surface area contributed by atoms with Crippen molar-refractivity contribution < 1.29 is 0 Å². The van der Waals surface area contributed by atoms with Gasteiger partial charge in [-0.05, 0) is 31.5 Å². The number of anilines is 1. The zero-order chi connectivity index (χ0) is 8.72. The largest absolute Gasteiger partial charge is 0.398 e. The summed E-state index contributed by atoms with van der Waals surface area (Å²) in [5, 5.41) is 1.10. The molecule has 62 valence electrons. The summed E-state index contributed by atoms with van der Waals surface area (Å²) in [6.45, 7) is 4.02. The Morgan fingerprint density at radius 3 is 2.83 bits per heavy atom. The highest BCUT2D eigenvalue weighted by Crippen LogP contribution is 2.27. The second-order valence-corrected chi connectivity index (χ2v) is 4.09. The van der Waals surface area contributed by atoms with Crippen LogP contribution in [0.15, 0.2) is 12.1 Å². The fraction of sp³-hybridized carbons (Fsp3) is 0.222. The van der Waals surface area contributed by atoms with Crippen LogP contribution in [0.4, 0.5) is 5.69 Å². The number of hydrogen-bond donors (Lipinski definition) is 1. The van der Waals surface area contributed by atoms with E-state index in [2.05, 4.69) is 4.98 Å². The van der Waals surface area contributed by atoms with E-state index in [0.717, 1.165) is 21.8 Å². The van der Waals surface area contributed by atoms with Crippen molar-refractivity contribution in [2.75, 3.05) is 5.73 Å². The fourth-order valence-electron chi connectivity index (χ4n) is 1.25. The maximum absolute atomic E-state index is 5.76. The standard InChI is InChI=1S/C9H10N2S/c1-5-7(10)3-4-8-9(5)11-6(2)12-8/h3-4H,10H2,1-2H3. The quantitative estimate of drug-likeness (QED) is 0.629. The van der Waals surface area contributed by atoms with E-state index in [-0.39, 0.29) is 0 Å². The third-order valence-electron chi connectivity index (χ3n) is 1.96. The fourth-order valence-corrected chi connectivity index (χ4v) is 2.14. The van der Waals surface area contributed by atoms with Crippen LogP contribution in [-0.4, -0.2) is 4.98 Å². The molecule has 0 spiro atoms. The lowest BCUT2D eigenvalue weighted by Gasteiger charge is -1.98. The summed E-state index contributed by atoms with van der Waals surface area (Å²) in [5.41, 5.74) is 8.73. The minimum Gasteiger partial charge on any atom is -0.398 e. The first-order chi connectivity index (χ1) is 5.68. The molecule has 0 amide bonds. The van der Waals surface area contributed by atoms with Crippen molar-refractivity contribution >= 4 is 27.2 Å². The molecule has 3 heteroatoms. The topological polar surface area (TPSA) is 38.9 Å². The Bertz CT molecular complexity index is 431. The second kappa shape index (κ2) is 2.45. The molecule has 0 bridgehead atoms. The number of hydrogen-bond acceptors (Lipinski definition) is 3. The highest BCUT2D eigenvalue weighted by atomic mass is 32.1. The molecule has 0 radical (unpaired) electrons. The smallest absolute Gasteiger partial charge is 0.0907 e. The van der Waals surface area contributed by atoms with Crippen LogP contribution < -0.4 is 5.73 Å². The average Bonchev–Trinajstić information content (AvgIpc) is 2.39. The number of nitrogen functional groups attached to an aromatic ring is 1. The number of aryl methyl sites for hydroxylation is 2. The van der Waals surface area contributed by atoms with E-state index in [1.54, 1.807) is 11.3 Å². The van der Waals surface area contributed by atoms with Crippen LogP contribution in [0.1, 0.15) is 10.6 Å². The van der Waals surface area contributed by atoms with Gasteiger partial charge in [-0.15, -0.1) is 11.3 Å². The molecule has 2 rings (SSSR count). The molecule has 0 fully saturated rings. The third kappa shape index (κ3) is 0.975. The summed E-state index contributed by atoms with van der Waals surface area (Å²) < 4.78 is 1.22. The van der Waals surface area contributed by atoms with E-state index in [1.165, 1.54) is 4.70 Å². The number of aromatic nitrogens is 1. The van der Waals surface area contributed by atoms with Gasteiger partial charge in [0.2, 0.25) is 0 Å². The number of rotatable bonds is 0. The zero-order valence-electron chi connectivity index (χ0n) is 7.09. The Morgan fingerprint density at radius 2 is 2.08 bits per heavy atom. The molecule has 1 aromatic carbocycles. The lowest BCUT2D eigenvalue weighted by molar-refractivity contribution is 1.32. The van der Waals surface area contributed by atoms with E-state index in [0.29, 0.717) is 0 Å². The summed E-state index contributed by atoms with van der Waals surface area (Å²) in [5.74, 6) is 0. The van der Waals surface area contributed by atoms with Crippen LogP contribution >= 0.6 is 11.3 Å². The Kier molecular flexibility index (Phi) is 1.54. The van der Waals surface area contributed by atoms with Crippen molar-refractivity contribution in [3.63, 3.8) is 0 Å². The van der Waals surface area contributed by atoms with Gasteiger partial charge < -0.3 is 5.73 Å². The molecule has 2 N–H and O–H groups in total. The summed E-state index contributed by atoms with van der Waals surface area (Å²) in [6.07, 6.45) is 0. The predicted molar refractivity (Wildman–Crippen MR) is 53.5 cm³/mol. The second-order valence-electron chi connectivity index (χ2n) is 2.86.